The standard InChI is InChI=1S/C15H24N4O/c1-4-18-7-8-19(10-12(18)3)13-5-6-14(11(2)9-13)15(16)17-20/h5-6,9,12,20H,4,7-8,10H2,1-3H3,(H2,16,17). The molecule has 1 heterocycles. The Hall–Kier alpha value is -1.75. The Balaban J connectivity index is 2.17. The molecule has 1 aliphatic rings. The van der Waals surface area contributed by atoms with Crippen LogP contribution in [0.3, 0.4) is 0 Å². The molecule has 0 amide bonds. The van der Waals surface area contributed by atoms with Crippen molar-refractivity contribution >= 4 is 11.5 Å². The Morgan fingerprint density at radius 3 is 2.75 bits per heavy atom. The minimum absolute atomic E-state index is 0.165. The van der Waals surface area contributed by atoms with E-state index in [2.05, 4.69) is 40.9 Å². The molecule has 20 heavy (non-hydrogen) atoms. The summed E-state index contributed by atoms with van der Waals surface area (Å²) in [4.78, 5) is 4.90. The van der Waals surface area contributed by atoms with Gasteiger partial charge in [-0.1, -0.05) is 12.1 Å². The quantitative estimate of drug-likeness (QED) is 0.381. The molecule has 0 aliphatic carbocycles. The van der Waals surface area contributed by atoms with E-state index in [9.17, 15) is 0 Å². The van der Waals surface area contributed by atoms with E-state index in [-0.39, 0.29) is 5.84 Å². The molecule has 5 heteroatoms. The summed E-state index contributed by atoms with van der Waals surface area (Å²) in [6.07, 6.45) is 0. The number of aryl methyl sites for hydroxylation is 1. The fraction of sp³-hybridized carbons (Fsp3) is 0.533. The Morgan fingerprint density at radius 2 is 2.20 bits per heavy atom. The third-order valence-corrected chi connectivity index (χ3v) is 4.13. The molecule has 1 atom stereocenters. The lowest BCUT2D eigenvalue weighted by Crippen LogP contribution is -2.51. The first kappa shape index (κ1) is 14.7. The first-order chi connectivity index (χ1) is 9.56. The van der Waals surface area contributed by atoms with E-state index in [1.165, 1.54) is 5.69 Å². The second-order valence-electron chi connectivity index (χ2n) is 5.41. The second-order valence-corrected chi connectivity index (χ2v) is 5.41. The van der Waals surface area contributed by atoms with E-state index in [1.807, 2.05) is 13.0 Å². The van der Waals surface area contributed by atoms with Gasteiger partial charge in [0.15, 0.2) is 5.84 Å². The fourth-order valence-corrected chi connectivity index (χ4v) is 2.89. The van der Waals surface area contributed by atoms with Crippen LogP contribution in [-0.2, 0) is 0 Å². The minimum Gasteiger partial charge on any atom is -0.409 e. The summed E-state index contributed by atoms with van der Waals surface area (Å²) in [7, 11) is 0. The molecule has 1 unspecified atom stereocenters. The number of nitrogens with zero attached hydrogens (tertiary/aromatic N) is 3. The van der Waals surface area contributed by atoms with Crippen molar-refractivity contribution < 1.29 is 5.21 Å². The number of hydrogen-bond acceptors (Lipinski definition) is 4. The first-order valence-corrected chi connectivity index (χ1v) is 7.14. The van der Waals surface area contributed by atoms with Gasteiger partial charge in [-0.05, 0) is 44.2 Å². The highest BCUT2D eigenvalue weighted by atomic mass is 16.4. The maximum atomic E-state index is 8.77. The Morgan fingerprint density at radius 1 is 1.45 bits per heavy atom. The van der Waals surface area contributed by atoms with Crippen molar-refractivity contribution in [1.82, 2.24) is 4.90 Å². The molecule has 1 aromatic carbocycles. The number of anilines is 1. The second kappa shape index (κ2) is 6.13. The van der Waals surface area contributed by atoms with E-state index < -0.39 is 0 Å². The normalized spacial score (nSPS) is 21.2. The van der Waals surface area contributed by atoms with Gasteiger partial charge >= 0.3 is 0 Å². The summed E-state index contributed by atoms with van der Waals surface area (Å²) in [6, 6.07) is 6.66. The maximum Gasteiger partial charge on any atom is 0.170 e. The number of oxime groups is 1. The smallest absolute Gasteiger partial charge is 0.170 e. The molecule has 1 saturated heterocycles. The fourth-order valence-electron chi connectivity index (χ4n) is 2.89. The maximum absolute atomic E-state index is 8.77. The topological polar surface area (TPSA) is 65.1 Å². The highest BCUT2D eigenvalue weighted by Gasteiger charge is 2.22. The van der Waals surface area contributed by atoms with Crippen molar-refractivity contribution in [3.05, 3.63) is 29.3 Å². The largest absolute Gasteiger partial charge is 0.409 e. The van der Waals surface area contributed by atoms with Crippen molar-refractivity contribution in [1.29, 1.82) is 0 Å². The van der Waals surface area contributed by atoms with E-state index >= 15 is 0 Å². The van der Waals surface area contributed by atoms with Crippen LogP contribution in [0.2, 0.25) is 0 Å². The molecule has 0 radical (unpaired) electrons. The molecule has 3 N–H and O–H groups in total. The van der Waals surface area contributed by atoms with Gasteiger partial charge in [0, 0.05) is 36.9 Å². The molecule has 0 spiro atoms. The van der Waals surface area contributed by atoms with Gasteiger partial charge in [0.1, 0.15) is 0 Å². The molecular formula is C15H24N4O. The molecule has 0 aromatic heterocycles. The number of likely N-dealkylation sites (N-methyl/N-ethyl adjacent to an activating group) is 1. The predicted molar refractivity (Wildman–Crippen MR) is 82.6 cm³/mol. The number of piperazine rings is 1. The number of hydrogen-bond donors (Lipinski definition) is 2. The van der Waals surface area contributed by atoms with Gasteiger partial charge in [-0.3, -0.25) is 4.90 Å². The van der Waals surface area contributed by atoms with Gasteiger partial charge in [-0.25, -0.2) is 0 Å². The zero-order valence-electron chi connectivity index (χ0n) is 12.5. The van der Waals surface area contributed by atoms with Crippen molar-refractivity contribution in [3.63, 3.8) is 0 Å². The third-order valence-electron chi connectivity index (χ3n) is 4.13. The average Bonchev–Trinajstić information content (AvgIpc) is 2.46. The summed E-state index contributed by atoms with van der Waals surface area (Å²) >= 11 is 0. The van der Waals surface area contributed by atoms with E-state index in [0.29, 0.717) is 6.04 Å². The van der Waals surface area contributed by atoms with Crippen LogP contribution in [0.1, 0.15) is 25.0 Å². The lowest BCUT2D eigenvalue weighted by Gasteiger charge is -2.40. The van der Waals surface area contributed by atoms with Crippen molar-refractivity contribution in [2.45, 2.75) is 26.8 Å². The van der Waals surface area contributed by atoms with Gasteiger partial charge in [-0.2, -0.15) is 0 Å². The molecule has 5 nitrogen and oxygen atoms in total. The van der Waals surface area contributed by atoms with Crippen LogP contribution in [0.15, 0.2) is 23.4 Å². The molecule has 1 aromatic rings. The molecule has 2 rings (SSSR count). The summed E-state index contributed by atoms with van der Waals surface area (Å²) in [5.41, 5.74) is 8.69. The van der Waals surface area contributed by atoms with Crippen LogP contribution in [-0.4, -0.2) is 48.2 Å². The molecule has 1 fully saturated rings. The lowest BCUT2D eigenvalue weighted by atomic mass is 10.1. The van der Waals surface area contributed by atoms with Gasteiger partial charge in [0.05, 0.1) is 0 Å². The van der Waals surface area contributed by atoms with Crippen LogP contribution in [0.25, 0.3) is 0 Å². The van der Waals surface area contributed by atoms with Crippen molar-refractivity contribution in [3.8, 4) is 0 Å². The minimum atomic E-state index is 0.165. The number of rotatable bonds is 3. The summed E-state index contributed by atoms with van der Waals surface area (Å²) in [6.45, 7) is 10.8. The first-order valence-electron chi connectivity index (χ1n) is 7.14. The molecule has 1 aliphatic heterocycles. The van der Waals surface area contributed by atoms with Crippen LogP contribution in [0.5, 0.6) is 0 Å². The van der Waals surface area contributed by atoms with Gasteiger partial charge in [-0.15, -0.1) is 0 Å². The van der Waals surface area contributed by atoms with Crippen LogP contribution in [0, 0.1) is 6.92 Å². The van der Waals surface area contributed by atoms with Crippen molar-refractivity contribution in [2.24, 2.45) is 10.9 Å². The Labute approximate surface area is 120 Å². The summed E-state index contributed by atoms with van der Waals surface area (Å²) in [5.74, 6) is 0.165. The number of nitrogens with two attached hydrogens (primary N) is 1. The molecular weight excluding hydrogens is 252 g/mol. The summed E-state index contributed by atoms with van der Waals surface area (Å²) < 4.78 is 0. The van der Waals surface area contributed by atoms with Gasteiger partial charge in [0.2, 0.25) is 0 Å². The number of amidine groups is 1. The van der Waals surface area contributed by atoms with E-state index in [1.54, 1.807) is 0 Å². The average molecular weight is 276 g/mol. The van der Waals surface area contributed by atoms with Gasteiger partial charge in [0.25, 0.3) is 0 Å². The Bertz CT molecular complexity index is 501. The van der Waals surface area contributed by atoms with Crippen molar-refractivity contribution in [2.75, 3.05) is 31.1 Å². The zero-order chi connectivity index (χ0) is 14.7. The van der Waals surface area contributed by atoms with E-state index in [4.69, 9.17) is 10.9 Å². The van der Waals surface area contributed by atoms with Crippen LogP contribution < -0.4 is 10.6 Å². The monoisotopic (exact) mass is 276 g/mol. The van der Waals surface area contributed by atoms with E-state index in [0.717, 1.165) is 37.3 Å². The summed E-state index contributed by atoms with van der Waals surface area (Å²) in [5, 5.41) is 11.8. The number of benzene rings is 1. The SMILES string of the molecule is CCN1CCN(c2ccc(/C(N)=N/O)c(C)c2)CC1C. The zero-order valence-corrected chi connectivity index (χ0v) is 12.5. The lowest BCUT2D eigenvalue weighted by molar-refractivity contribution is 0.199. The third kappa shape index (κ3) is 2.88. The molecule has 0 bridgehead atoms. The highest BCUT2D eigenvalue weighted by molar-refractivity contribution is 5.98. The highest BCUT2D eigenvalue weighted by Crippen LogP contribution is 2.22. The molecule has 110 valence electrons. The van der Waals surface area contributed by atoms with Gasteiger partial charge < -0.3 is 15.8 Å². The predicted octanol–water partition coefficient (Wildman–Crippen LogP) is 1.62. The van der Waals surface area contributed by atoms with Crippen LogP contribution >= 0.6 is 0 Å². The molecule has 0 saturated carbocycles. The van der Waals surface area contributed by atoms with Crippen LogP contribution in [0.4, 0.5) is 5.69 Å². The Kier molecular flexibility index (Phi) is 4.49.